The van der Waals surface area contributed by atoms with Gasteiger partial charge in [0.05, 0.1) is 11.6 Å². The van der Waals surface area contributed by atoms with Gasteiger partial charge in [-0.1, -0.05) is 60.7 Å². The number of nitrogens with zero attached hydrogens (tertiary/aromatic N) is 2. The predicted octanol–water partition coefficient (Wildman–Crippen LogP) is 4.54. The van der Waals surface area contributed by atoms with Crippen LogP contribution in [-0.2, 0) is 4.79 Å². The van der Waals surface area contributed by atoms with Gasteiger partial charge >= 0.3 is 0 Å². The van der Waals surface area contributed by atoms with E-state index in [1.807, 2.05) is 92.2 Å². The number of anilines is 1. The summed E-state index contributed by atoms with van der Waals surface area (Å²) in [6.07, 6.45) is 0. The molecule has 2 aromatic carbocycles. The number of hydrogen-bond donors (Lipinski definition) is 1. The van der Waals surface area contributed by atoms with Crippen molar-refractivity contribution < 1.29 is 4.79 Å². The highest BCUT2D eigenvalue weighted by Crippen LogP contribution is 2.27. The largest absolute Gasteiger partial charge is 0.310 e. The number of amides is 1. The summed E-state index contributed by atoms with van der Waals surface area (Å²) in [6.45, 7) is 6.03. The Morgan fingerprint density at radius 3 is 1.96 bits per heavy atom. The van der Waals surface area contributed by atoms with Crippen molar-refractivity contribution in [1.82, 2.24) is 9.78 Å². The second-order valence-electron chi connectivity index (χ2n) is 6.45. The molecule has 25 heavy (non-hydrogen) atoms. The molecule has 1 heterocycles. The summed E-state index contributed by atoms with van der Waals surface area (Å²) in [5.74, 6) is 0.312. The Morgan fingerprint density at radius 1 is 0.960 bits per heavy atom. The Hall–Kier alpha value is -2.88. The minimum Gasteiger partial charge on any atom is -0.310 e. The van der Waals surface area contributed by atoms with Crippen molar-refractivity contribution in [2.24, 2.45) is 0 Å². The van der Waals surface area contributed by atoms with Gasteiger partial charge in [-0.15, -0.1) is 0 Å². The maximum absolute atomic E-state index is 13.1. The molecule has 4 nitrogen and oxygen atoms in total. The van der Waals surface area contributed by atoms with E-state index in [1.165, 1.54) is 0 Å². The first kappa shape index (κ1) is 17.0. The van der Waals surface area contributed by atoms with E-state index in [4.69, 9.17) is 0 Å². The number of aromatic nitrogens is 2. The number of carbonyl (C=O) groups excluding carboxylic acids is 1. The molecule has 0 fully saturated rings. The van der Waals surface area contributed by atoms with Gasteiger partial charge in [0.15, 0.2) is 0 Å². The van der Waals surface area contributed by atoms with Crippen molar-refractivity contribution in [3.63, 3.8) is 0 Å². The van der Waals surface area contributed by atoms with Crippen molar-refractivity contribution in [1.29, 1.82) is 0 Å². The highest BCUT2D eigenvalue weighted by atomic mass is 16.2. The average molecular weight is 333 g/mol. The minimum atomic E-state index is -0.363. The number of rotatable bonds is 5. The maximum Gasteiger partial charge on any atom is 0.237 e. The number of hydrogen-bond acceptors (Lipinski definition) is 2. The highest BCUT2D eigenvalue weighted by Gasteiger charge is 2.24. The van der Waals surface area contributed by atoms with Crippen LogP contribution in [0.4, 0.5) is 5.82 Å². The van der Waals surface area contributed by atoms with Crippen LogP contribution in [0.25, 0.3) is 0 Å². The van der Waals surface area contributed by atoms with Crippen LogP contribution in [0.2, 0.25) is 0 Å². The van der Waals surface area contributed by atoms with Gasteiger partial charge in [0.1, 0.15) is 5.82 Å². The third-order valence-corrected chi connectivity index (χ3v) is 4.13. The first-order valence-electron chi connectivity index (χ1n) is 8.53. The van der Waals surface area contributed by atoms with E-state index < -0.39 is 0 Å². The summed E-state index contributed by atoms with van der Waals surface area (Å²) in [4.78, 5) is 13.1. The van der Waals surface area contributed by atoms with Crippen LogP contribution in [0, 0.1) is 6.92 Å². The molecule has 0 bridgehead atoms. The summed E-state index contributed by atoms with van der Waals surface area (Å²) >= 11 is 0. The van der Waals surface area contributed by atoms with Gasteiger partial charge in [-0.2, -0.15) is 5.10 Å². The van der Waals surface area contributed by atoms with Crippen molar-refractivity contribution in [2.75, 3.05) is 5.32 Å². The molecule has 0 spiro atoms. The smallest absolute Gasteiger partial charge is 0.237 e. The number of carbonyl (C=O) groups is 1. The molecule has 0 aliphatic heterocycles. The number of benzene rings is 2. The van der Waals surface area contributed by atoms with Crippen LogP contribution in [0.15, 0.2) is 66.7 Å². The molecule has 0 aliphatic carbocycles. The molecular weight excluding hydrogens is 310 g/mol. The Labute approximate surface area is 148 Å². The quantitative estimate of drug-likeness (QED) is 0.745. The third-order valence-electron chi connectivity index (χ3n) is 4.13. The monoisotopic (exact) mass is 333 g/mol. The Bertz CT molecular complexity index is 799. The zero-order chi connectivity index (χ0) is 17.8. The summed E-state index contributed by atoms with van der Waals surface area (Å²) < 4.78 is 1.85. The second kappa shape index (κ2) is 7.34. The molecule has 0 saturated heterocycles. The molecule has 1 aromatic heterocycles. The van der Waals surface area contributed by atoms with E-state index >= 15 is 0 Å². The Kier molecular flexibility index (Phi) is 4.98. The van der Waals surface area contributed by atoms with Crippen molar-refractivity contribution >= 4 is 11.7 Å². The topological polar surface area (TPSA) is 46.9 Å². The molecule has 3 aromatic rings. The Balaban J connectivity index is 1.96. The van der Waals surface area contributed by atoms with Crippen LogP contribution >= 0.6 is 0 Å². The lowest BCUT2D eigenvalue weighted by Gasteiger charge is -2.19. The summed E-state index contributed by atoms with van der Waals surface area (Å²) in [7, 11) is 0. The van der Waals surface area contributed by atoms with Gasteiger partial charge < -0.3 is 5.32 Å². The van der Waals surface area contributed by atoms with Gasteiger partial charge in [-0.3, -0.25) is 4.79 Å². The molecule has 0 unspecified atom stereocenters. The van der Waals surface area contributed by atoms with Crippen LogP contribution < -0.4 is 5.32 Å². The van der Waals surface area contributed by atoms with Gasteiger partial charge in [-0.25, -0.2) is 4.68 Å². The average Bonchev–Trinajstić information content (AvgIpc) is 2.97. The standard InChI is InChI=1S/C21H23N3O/c1-15(2)24-19(14-16(3)23-24)22-21(25)20(17-10-6-4-7-11-17)18-12-8-5-9-13-18/h4-15,20H,1-3H3,(H,22,25). The first-order chi connectivity index (χ1) is 12.1. The van der Waals surface area contributed by atoms with E-state index in [9.17, 15) is 4.79 Å². The second-order valence-corrected chi connectivity index (χ2v) is 6.45. The highest BCUT2D eigenvalue weighted by molar-refractivity contribution is 5.97. The summed E-state index contributed by atoms with van der Waals surface area (Å²) in [5.41, 5.74) is 2.83. The number of aryl methyl sites for hydroxylation is 1. The van der Waals surface area contributed by atoms with Crippen LogP contribution in [0.3, 0.4) is 0 Å². The normalized spacial score (nSPS) is 11.1. The number of nitrogens with one attached hydrogen (secondary N) is 1. The molecule has 0 radical (unpaired) electrons. The van der Waals surface area contributed by atoms with Crippen molar-refractivity contribution in [3.8, 4) is 0 Å². The lowest BCUT2D eigenvalue weighted by molar-refractivity contribution is -0.116. The van der Waals surface area contributed by atoms with Crippen LogP contribution in [-0.4, -0.2) is 15.7 Å². The zero-order valence-electron chi connectivity index (χ0n) is 14.8. The molecule has 0 atom stereocenters. The van der Waals surface area contributed by atoms with Crippen LogP contribution in [0.5, 0.6) is 0 Å². The summed E-state index contributed by atoms with van der Waals surface area (Å²) in [5, 5.41) is 7.54. The van der Waals surface area contributed by atoms with E-state index in [-0.39, 0.29) is 17.9 Å². The molecule has 0 aliphatic rings. The van der Waals surface area contributed by atoms with Gasteiger partial charge in [0, 0.05) is 12.1 Å². The minimum absolute atomic E-state index is 0.0563. The van der Waals surface area contributed by atoms with Crippen molar-refractivity contribution in [3.05, 3.63) is 83.6 Å². The fraction of sp³-hybridized carbons (Fsp3) is 0.238. The Morgan fingerprint density at radius 2 is 1.48 bits per heavy atom. The SMILES string of the molecule is Cc1cc(NC(=O)C(c2ccccc2)c2ccccc2)n(C(C)C)n1. The van der Waals surface area contributed by atoms with Gasteiger partial charge in [-0.05, 0) is 31.9 Å². The van der Waals surface area contributed by atoms with Gasteiger partial charge in [0.25, 0.3) is 0 Å². The molecular formula is C21H23N3O. The lowest BCUT2D eigenvalue weighted by Crippen LogP contribution is -2.24. The molecule has 1 amide bonds. The molecule has 4 heteroatoms. The first-order valence-corrected chi connectivity index (χ1v) is 8.53. The lowest BCUT2D eigenvalue weighted by atomic mass is 9.90. The molecule has 128 valence electrons. The maximum atomic E-state index is 13.1. The fourth-order valence-corrected chi connectivity index (χ4v) is 2.99. The zero-order valence-corrected chi connectivity index (χ0v) is 14.8. The van der Waals surface area contributed by atoms with E-state index in [2.05, 4.69) is 10.4 Å². The molecule has 1 N–H and O–H groups in total. The molecule has 0 saturated carbocycles. The summed E-state index contributed by atoms with van der Waals surface area (Å²) in [6, 6.07) is 21.8. The van der Waals surface area contributed by atoms with Crippen molar-refractivity contribution in [2.45, 2.75) is 32.7 Å². The van der Waals surface area contributed by atoms with E-state index in [0.29, 0.717) is 0 Å². The third kappa shape index (κ3) is 3.79. The predicted molar refractivity (Wildman–Crippen MR) is 101 cm³/mol. The van der Waals surface area contributed by atoms with E-state index in [0.717, 1.165) is 22.6 Å². The molecule has 3 rings (SSSR count). The van der Waals surface area contributed by atoms with E-state index in [1.54, 1.807) is 0 Å². The van der Waals surface area contributed by atoms with Crippen LogP contribution in [0.1, 0.15) is 42.6 Å². The fourth-order valence-electron chi connectivity index (χ4n) is 2.99. The van der Waals surface area contributed by atoms with Gasteiger partial charge in [0.2, 0.25) is 5.91 Å².